The van der Waals surface area contributed by atoms with Crippen molar-refractivity contribution in [3.05, 3.63) is 71.0 Å². The van der Waals surface area contributed by atoms with Crippen molar-refractivity contribution in [2.45, 2.75) is 18.6 Å². The van der Waals surface area contributed by atoms with Gasteiger partial charge in [-0.1, -0.05) is 30.3 Å². The molecule has 2 unspecified atom stereocenters. The molecule has 1 aliphatic heterocycles. The largest absolute Gasteiger partial charge is 0.387 e. The number of rotatable bonds is 2. The monoisotopic (exact) mass is 340 g/mol. The highest BCUT2D eigenvalue weighted by atomic mass is 19.1. The van der Waals surface area contributed by atoms with Crippen molar-refractivity contribution in [2.24, 2.45) is 0 Å². The van der Waals surface area contributed by atoms with Crippen molar-refractivity contribution >= 4 is 5.91 Å². The number of piperazine rings is 1. The number of fused-ring (bicyclic) bond motifs is 1. The summed E-state index contributed by atoms with van der Waals surface area (Å²) in [6, 6.07) is 13.9. The van der Waals surface area contributed by atoms with Crippen molar-refractivity contribution in [1.82, 2.24) is 9.80 Å². The number of aliphatic hydroxyl groups is 1. The van der Waals surface area contributed by atoms with Crippen LogP contribution in [0.3, 0.4) is 0 Å². The van der Waals surface area contributed by atoms with Crippen molar-refractivity contribution in [3.63, 3.8) is 0 Å². The lowest BCUT2D eigenvalue weighted by molar-refractivity contribution is 0.0255. The number of carbonyl (C=O) groups is 1. The van der Waals surface area contributed by atoms with Gasteiger partial charge in [0.2, 0.25) is 0 Å². The molecule has 1 heterocycles. The maximum Gasteiger partial charge on any atom is 0.254 e. The molecule has 1 N–H and O–H groups in total. The van der Waals surface area contributed by atoms with E-state index in [1.165, 1.54) is 17.7 Å². The second-order valence-electron chi connectivity index (χ2n) is 6.75. The summed E-state index contributed by atoms with van der Waals surface area (Å²) in [5.74, 6) is -0.522. The first-order valence-corrected chi connectivity index (χ1v) is 8.68. The average molecular weight is 340 g/mol. The molecule has 0 saturated carbocycles. The SMILES string of the molecule is O=C(c1cccc(F)c1)N1CCN(C2Cc3ccccc3C2O)CC1. The van der Waals surface area contributed by atoms with Crippen LogP contribution in [0.15, 0.2) is 48.5 Å². The minimum atomic E-state index is -0.471. The molecule has 4 nitrogen and oxygen atoms in total. The molecule has 1 aliphatic carbocycles. The van der Waals surface area contributed by atoms with Gasteiger partial charge < -0.3 is 10.0 Å². The van der Waals surface area contributed by atoms with Gasteiger partial charge in [-0.15, -0.1) is 0 Å². The average Bonchev–Trinajstić information content (AvgIpc) is 2.98. The van der Waals surface area contributed by atoms with Gasteiger partial charge in [-0.2, -0.15) is 0 Å². The zero-order chi connectivity index (χ0) is 17.4. The van der Waals surface area contributed by atoms with Crippen molar-refractivity contribution in [3.8, 4) is 0 Å². The third-order valence-corrected chi connectivity index (χ3v) is 5.31. The van der Waals surface area contributed by atoms with Crippen LogP contribution < -0.4 is 0 Å². The molecule has 25 heavy (non-hydrogen) atoms. The molecule has 1 fully saturated rings. The quantitative estimate of drug-likeness (QED) is 0.912. The van der Waals surface area contributed by atoms with E-state index >= 15 is 0 Å². The fourth-order valence-electron chi connectivity index (χ4n) is 3.94. The zero-order valence-electron chi connectivity index (χ0n) is 13.9. The van der Waals surface area contributed by atoms with E-state index in [9.17, 15) is 14.3 Å². The van der Waals surface area contributed by atoms with Crippen molar-refractivity contribution < 1.29 is 14.3 Å². The molecule has 1 amide bonds. The number of nitrogens with zero attached hydrogens (tertiary/aromatic N) is 2. The van der Waals surface area contributed by atoms with Gasteiger partial charge in [0.25, 0.3) is 5.91 Å². The molecule has 4 rings (SSSR count). The first-order valence-electron chi connectivity index (χ1n) is 8.68. The minimum Gasteiger partial charge on any atom is -0.387 e. The maximum absolute atomic E-state index is 13.3. The van der Waals surface area contributed by atoms with Crippen LogP contribution >= 0.6 is 0 Å². The highest BCUT2D eigenvalue weighted by Crippen LogP contribution is 2.34. The highest BCUT2D eigenvalue weighted by Gasteiger charge is 2.36. The molecule has 5 heteroatoms. The van der Waals surface area contributed by atoms with Crippen LogP contribution in [-0.4, -0.2) is 53.0 Å². The predicted molar refractivity (Wildman–Crippen MR) is 92.8 cm³/mol. The Hall–Kier alpha value is -2.24. The molecule has 0 aromatic heterocycles. The third-order valence-electron chi connectivity index (χ3n) is 5.31. The lowest BCUT2D eigenvalue weighted by Gasteiger charge is -2.39. The van der Waals surface area contributed by atoms with E-state index in [0.717, 1.165) is 25.1 Å². The van der Waals surface area contributed by atoms with Gasteiger partial charge in [-0.25, -0.2) is 4.39 Å². The van der Waals surface area contributed by atoms with Crippen LogP contribution in [0.25, 0.3) is 0 Å². The van der Waals surface area contributed by atoms with E-state index in [-0.39, 0.29) is 11.9 Å². The molecule has 2 aliphatic rings. The van der Waals surface area contributed by atoms with Crippen LogP contribution in [0, 0.1) is 5.82 Å². The first-order chi connectivity index (χ1) is 12.1. The van der Waals surface area contributed by atoms with E-state index in [1.54, 1.807) is 17.0 Å². The summed E-state index contributed by atoms with van der Waals surface area (Å²) in [6.07, 6.45) is 0.372. The van der Waals surface area contributed by atoms with Crippen LogP contribution in [-0.2, 0) is 6.42 Å². The second-order valence-corrected chi connectivity index (χ2v) is 6.75. The summed E-state index contributed by atoms with van der Waals surface area (Å²) in [4.78, 5) is 16.5. The van der Waals surface area contributed by atoms with Gasteiger partial charge >= 0.3 is 0 Å². The van der Waals surface area contributed by atoms with Gasteiger partial charge in [0.05, 0.1) is 6.10 Å². The zero-order valence-corrected chi connectivity index (χ0v) is 13.9. The van der Waals surface area contributed by atoms with E-state index in [1.807, 2.05) is 18.2 Å². The van der Waals surface area contributed by atoms with Crippen LogP contribution in [0.5, 0.6) is 0 Å². The van der Waals surface area contributed by atoms with E-state index < -0.39 is 11.9 Å². The summed E-state index contributed by atoms with van der Waals surface area (Å²) in [7, 11) is 0. The normalized spacial score (nSPS) is 23.5. The molecule has 1 saturated heterocycles. The van der Waals surface area contributed by atoms with Crippen LogP contribution in [0.1, 0.15) is 27.6 Å². The summed E-state index contributed by atoms with van der Waals surface area (Å²) in [6.45, 7) is 2.62. The number of hydrogen-bond acceptors (Lipinski definition) is 3. The van der Waals surface area contributed by atoms with Gasteiger partial charge in [0.1, 0.15) is 5.82 Å². The molecule has 2 aromatic rings. The number of benzene rings is 2. The van der Waals surface area contributed by atoms with Gasteiger partial charge in [-0.3, -0.25) is 9.69 Å². The Morgan fingerprint density at radius 2 is 1.80 bits per heavy atom. The van der Waals surface area contributed by atoms with Crippen LogP contribution in [0.4, 0.5) is 4.39 Å². The van der Waals surface area contributed by atoms with E-state index in [2.05, 4.69) is 11.0 Å². The van der Waals surface area contributed by atoms with Crippen molar-refractivity contribution in [2.75, 3.05) is 26.2 Å². The Morgan fingerprint density at radius 3 is 2.52 bits per heavy atom. The number of hydrogen-bond donors (Lipinski definition) is 1. The van der Waals surface area contributed by atoms with Gasteiger partial charge in [0.15, 0.2) is 0 Å². The molecule has 2 atom stereocenters. The Kier molecular flexibility index (Phi) is 4.27. The lowest BCUT2D eigenvalue weighted by Crippen LogP contribution is -2.53. The summed E-state index contributed by atoms with van der Waals surface area (Å²) >= 11 is 0. The standard InChI is InChI=1S/C20H21FN2O2/c21-16-6-3-5-15(12-16)20(25)23-10-8-22(9-11-23)18-13-14-4-1-2-7-17(14)19(18)24/h1-7,12,18-19,24H,8-11,13H2. The summed E-state index contributed by atoms with van der Waals surface area (Å²) in [5, 5.41) is 10.6. The molecule has 2 aromatic carbocycles. The smallest absolute Gasteiger partial charge is 0.254 e. The van der Waals surface area contributed by atoms with E-state index in [4.69, 9.17) is 0 Å². The molecular formula is C20H21FN2O2. The molecular weight excluding hydrogens is 319 g/mol. The number of amides is 1. The lowest BCUT2D eigenvalue weighted by atomic mass is 10.1. The molecule has 0 radical (unpaired) electrons. The fourth-order valence-corrected chi connectivity index (χ4v) is 3.94. The molecule has 0 bridgehead atoms. The van der Waals surface area contributed by atoms with Gasteiger partial charge in [0, 0.05) is 37.8 Å². The Balaban J connectivity index is 1.40. The molecule has 130 valence electrons. The Morgan fingerprint density at radius 1 is 1.04 bits per heavy atom. The maximum atomic E-state index is 13.3. The minimum absolute atomic E-state index is 0.0730. The summed E-state index contributed by atoms with van der Waals surface area (Å²) in [5.41, 5.74) is 2.62. The Labute approximate surface area is 146 Å². The number of carbonyl (C=O) groups excluding carboxylic acids is 1. The van der Waals surface area contributed by atoms with Crippen molar-refractivity contribution in [1.29, 1.82) is 0 Å². The first kappa shape index (κ1) is 16.2. The third kappa shape index (κ3) is 3.05. The van der Waals surface area contributed by atoms with Crippen LogP contribution in [0.2, 0.25) is 0 Å². The topological polar surface area (TPSA) is 43.8 Å². The highest BCUT2D eigenvalue weighted by molar-refractivity contribution is 5.94. The number of aliphatic hydroxyl groups excluding tert-OH is 1. The van der Waals surface area contributed by atoms with Gasteiger partial charge in [-0.05, 0) is 35.7 Å². The van der Waals surface area contributed by atoms with E-state index in [0.29, 0.717) is 18.7 Å². The molecule has 0 spiro atoms. The fraction of sp³-hybridized carbons (Fsp3) is 0.350. The summed E-state index contributed by atoms with van der Waals surface area (Å²) < 4.78 is 13.3. The predicted octanol–water partition coefficient (Wildman–Crippen LogP) is 2.24. The number of halogens is 1. The second kappa shape index (κ2) is 6.58. The Bertz CT molecular complexity index is 787.